The first-order valence-corrected chi connectivity index (χ1v) is 16.1. The first-order valence-electron chi connectivity index (χ1n) is 13.9. The first-order chi connectivity index (χ1) is 18.5. The molecule has 2 aromatic rings. The number of benzene rings is 2. The second-order valence-corrected chi connectivity index (χ2v) is 12.9. The van der Waals surface area contributed by atoms with Crippen LogP contribution in [-0.2, 0) is 26.2 Å². The summed E-state index contributed by atoms with van der Waals surface area (Å²) in [7, 11) is -3.55. The summed E-state index contributed by atoms with van der Waals surface area (Å²) in [6.07, 6.45) is 7.37. The highest BCUT2D eigenvalue weighted by molar-refractivity contribution is 7.92. The summed E-state index contributed by atoms with van der Waals surface area (Å²) < 4.78 is 26.7. The summed E-state index contributed by atoms with van der Waals surface area (Å²) in [5.41, 5.74) is 3.20. The number of hydrogen-bond donors (Lipinski definition) is 1. The molecule has 7 nitrogen and oxygen atoms in total. The van der Waals surface area contributed by atoms with Gasteiger partial charge in [0.05, 0.1) is 11.9 Å². The smallest absolute Gasteiger partial charge is 0.243 e. The third-order valence-electron chi connectivity index (χ3n) is 7.42. The van der Waals surface area contributed by atoms with E-state index in [1.165, 1.54) is 17.0 Å². The van der Waals surface area contributed by atoms with Gasteiger partial charge >= 0.3 is 0 Å². The zero-order chi connectivity index (χ0) is 28.6. The third kappa shape index (κ3) is 8.70. The van der Waals surface area contributed by atoms with Crippen molar-refractivity contribution in [3.8, 4) is 0 Å². The van der Waals surface area contributed by atoms with Crippen LogP contribution in [0.5, 0.6) is 0 Å². The minimum atomic E-state index is -3.55. The van der Waals surface area contributed by atoms with E-state index in [-0.39, 0.29) is 37.4 Å². The summed E-state index contributed by atoms with van der Waals surface area (Å²) in [5.74, 6) is -0.340. The van der Waals surface area contributed by atoms with Gasteiger partial charge in [-0.1, -0.05) is 68.1 Å². The molecule has 2 aromatic carbocycles. The van der Waals surface area contributed by atoms with Crippen molar-refractivity contribution in [3.63, 3.8) is 0 Å². The monoisotopic (exact) mass is 575 g/mol. The Morgan fingerprint density at radius 1 is 1.08 bits per heavy atom. The van der Waals surface area contributed by atoms with E-state index in [1.54, 1.807) is 11.0 Å². The maximum absolute atomic E-state index is 13.7. The van der Waals surface area contributed by atoms with E-state index < -0.39 is 16.1 Å². The van der Waals surface area contributed by atoms with E-state index in [2.05, 4.69) is 5.32 Å². The standard InChI is InChI=1S/C30H42ClN3O4S/c1-5-27(30(36)32-25-13-7-6-8-14-25)33(21-24-12-9-10-15-26(24)31)29(35)16-11-19-34(39(4,37)38)28-20-22(2)17-18-23(28)3/h9-10,12,15,17-18,20,25,27H,5-8,11,13-14,16,19,21H2,1-4H3,(H,32,36)/t27-/m1/s1. The average Bonchev–Trinajstić information content (AvgIpc) is 2.89. The Kier molecular flexibility index (Phi) is 11.2. The highest BCUT2D eigenvalue weighted by Crippen LogP contribution is 2.26. The van der Waals surface area contributed by atoms with Crippen molar-refractivity contribution in [2.75, 3.05) is 17.1 Å². The van der Waals surface area contributed by atoms with Crippen molar-refractivity contribution in [2.45, 2.75) is 90.8 Å². The second-order valence-electron chi connectivity index (χ2n) is 10.6. The molecule has 0 aliphatic heterocycles. The zero-order valence-corrected chi connectivity index (χ0v) is 25.2. The normalized spacial score (nSPS) is 15.0. The highest BCUT2D eigenvalue weighted by atomic mass is 35.5. The van der Waals surface area contributed by atoms with Crippen LogP contribution in [0.3, 0.4) is 0 Å². The van der Waals surface area contributed by atoms with Gasteiger partial charge in [0.15, 0.2) is 0 Å². The van der Waals surface area contributed by atoms with Gasteiger partial charge in [-0.15, -0.1) is 0 Å². The van der Waals surface area contributed by atoms with E-state index in [1.807, 2.05) is 57.2 Å². The van der Waals surface area contributed by atoms with Gasteiger partial charge in [-0.05, 0) is 68.4 Å². The molecule has 0 bridgehead atoms. The van der Waals surface area contributed by atoms with Crippen molar-refractivity contribution in [3.05, 3.63) is 64.2 Å². The maximum Gasteiger partial charge on any atom is 0.243 e. The van der Waals surface area contributed by atoms with Crippen LogP contribution in [0.1, 0.15) is 75.0 Å². The fourth-order valence-electron chi connectivity index (χ4n) is 5.24. The minimum Gasteiger partial charge on any atom is -0.352 e. The van der Waals surface area contributed by atoms with E-state index in [4.69, 9.17) is 11.6 Å². The number of rotatable bonds is 12. The number of aryl methyl sites for hydroxylation is 2. The SMILES string of the molecule is CC[C@H](C(=O)NC1CCCCC1)N(Cc1ccccc1Cl)C(=O)CCCN(c1cc(C)ccc1C)S(C)(=O)=O. The zero-order valence-electron chi connectivity index (χ0n) is 23.6. The van der Waals surface area contributed by atoms with Gasteiger partial charge in [0.25, 0.3) is 0 Å². The minimum absolute atomic E-state index is 0.106. The Morgan fingerprint density at radius 2 is 1.77 bits per heavy atom. The number of nitrogens with zero attached hydrogens (tertiary/aromatic N) is 2. The predicted octanol–water partition coefficient (Wildman–Crippen LogP) is 5.76. The number of sulfonamides is 1. The number of carbonyl (C=O) groups is 2. The molecule has 0 saturated heterocycles. The molecule has 0 heterocycles. The topological polar surface area (TPSA) is 86.8 Å². The molecule has 1 atom stereocenters. The van der Waals surface area contributed by atoms with Crippen molar-refractivity contribution in [1.82, 2.24) is 10.2 Å². The molecule has 2 amide bonds. The molecule has 0 spiro atoms. The predicted molar refractivity (Wildman–Crippen MR) is 158 cm³/mol. The van der Waals surface area contributed by atoms with Gasteiger partial charge in [-0.25, -0.2) is 8.42 Å². The summed E-state index contributed by atoms with van der Waals surface area (Å²) in [6, 6.07) is 12.5. The molecular weight excluding hydrogens is 534 g/mol. The van der Waals surface area contributed by atoms with Crippen LogP contribution in [0.15, 0.2) is 42.5 Å². The van der Waals surface area contributed by atoms with E-state index in [9.17, 15) is 18.0 Å². The van der Waals surface area contributed by atoms with Gasteiger partial charge in [-0.3, -0.25) is 13.9 Å². The molecule has 1 saturated carbocycles. The lowest BCUT2D eigenvalue weighted by atomic mass is 9.95. The number of nitrogens with one attached hydrogen (secondary N) is 1. The molecule has 0 aromatic heterocycles. The maximum atomic E-state index is 13.7. The van der Waals surface area contributed by atoms with Gasteiger partial charge in [0.1, 0.15) is 6.04 Å². The summed E-state index contributed by atoms with van der Waals surface area (Å²) >= 11 is 6.44. The lowest BCUT2D eigenvalue weighted by Crippen LogP contribution is -2.51. The van der Waals surface area contributed by atoms with Gasteiger partial charge < -0.3 is 10.2 Å². The molecule has 1 fully saturated rings. The van der Waals surface area contributed by atoms with Crippen molar-refractivity contribution >= 4 is 39.1 Å². The lowest BCUT2D eigenvalue weighted by molar-refractivity contribution is -0.141. The van der Waals surface area contributed by atoms with E-state index >= 15 is 0 Å². The van der Waals surface area contributed by atoms with Crippen LogP contribution in [-0.4, -0.2) is 50.0 Å². The van der Waals surface area contributed by atoms with Gasteiger partial charge in [0.2, 0.25) is 21.8 Å². The number of hydrogen-bond acceptors (Lipinski definition) is 4. The molecule has 1 aliphatic rings. The molecular formula is C30H42ClN3O4S. The van der Waals surface area contributed by atoms with Crippen LogP contribution in [0.25, 0.3) is 0 Å². The Labute approximate surface area is 239 Å². The van der Waals surface area contributed by atoms with Crippen molar-refractivity contribution in [1.29, 1.82) is 0 Å². The summed E-state index contributed by atoms with van der Waals surface area (Å²) in [5, 5.41) is 3.72. The molecule has 0 unspecified atom stereocenters. The fraction of sp³-hybridized carbons (Fsp3) is 0.533. The first kappa shape index (κ1) is 31.0. The van der Waals surface area contributed by atoms with Crippen molar-refractivity contribution < 1.29 is 18.0 Å². The fourth-order valence-corrected chi connectivity index (χ4v) is 6.45. The average molecular weight is 576 g/mol. The van der Waals surface area contributed by atoms with Gasteiger partial charge in [-0.2, -0.15) is 0 Å². The Bertz CT molecular complexity index is 1240. The largest absolute Gasteiger partial charge is 0.352 e. The Hall–Kier alpha value is -2.58. The van der Waals surface area contributed by atoms with Crippen LogP contribution >= 0.6 is 11.6 Å². The van der Waals surface area contributed by atoms with E-state index in [0.717, 1.165) is 42.4 Å². The molecule has 3 rings (SSSR count). The molecule has 1 aliphatic carbocycles. The van der Waals surface area contributed by atoms with Gasteiger partial charge in [0, 0.05) is 30.6 Å². The summed E-state index contributed by atoms with van der Waals surface area (Å²) in [4.78, 5) is 28.7. The summed E-state index contributed by atoms with van der Waals surface area (Å²) in [6.45, 7) is 6.08. The second kappa shape index (κ2) is 14.2. The number of anilines is 1. The molecule has 9 heteroatoms. The van der Waals surface area contributed by atoms with Crippen LogP contribution in [0.4, 0.5) is 5.69 Å². The Morgan fingerprint density at radius 3 is 2.41 bits per heavy atom. The number of carbonyl (C=O) groups excluding carboxylic acids is 2. The lowest BCUT2D eigenvalue weighted by Gasteiger charge is -2.33. The van der Waals surface area contributed by atoms with Crippen molar-refractivity contribution in [2.24, 2.45) is 0 Å². The van der Waals surface area contributed by atoms with Crippen LogP contribution in [0.2, 0.25) is 5.02 Å². The number of amides is 2. The van der Waals surface area contributed by atoms with Crippen LogP contribution in [0, 0.1) is 13.8 Å². The quantitative estimate of drug-likeness (QED) is 0.349. The number of halogens is 1. The molecule has 39 heavy (non-hydrogen) atoms. The Balaban J connectivity index is 1.79. The highest BCUT2D eigenvalue weighted by Gasteiger charge is 2.31. The van der Waals surface area contributed by atoms with Crippen LogP contribution < -0.4 is 9.62 Å². The molecule has 1 N–H and O–H groups in total. The molecule has 214 valence electrons. The van der Waals surface area contributed by atoms with E-state index in [0.29, 0.717) is 23.6 Å². The third-order valence-corrected chi connectivity index (χ3v) is 8.97. The molecule has 0 radical (unpaired) electrons.